The van der Waals surface area contributed by atoms with Crippen molar-refractivity contribution >= 4 is 11.8 Å². The molecule has 5 heteroatoms. The lowest BCUT2D eigenvalue weighted by Crippen LogP contribution is -2.74. The molecule has 0 radical (unpaired) electrons. The second kappa shape index (κ2) is 5.02. The molecule has 2 aliphatic rings. The van der Waals surface area contributed by atoms with Crippen LogP contribution in [0, 0.1) is 5.92 Å². The molecule has 1 N–H and O–H groups in total. The van der Waals surface area contributed by atoms with Crippen molar-refractivity contribution < 1.29 is 14.3 Å². The number of amides is 2. The fraction of sp³-hybridized carbons (Fsp3) is 0.867. The lowest BCUT2D eigenvalue weighted by molar-refractivity contribution is -0.164. The van der Waals surface area contributed by atoms with E-state index in [4.69, 9.17) is 4.74 Å². The average Bonchev–Trinajstić information content (AvgIpc) is 3.17. The average molecular weight is 282 g/mol. The van der Waals surface area contributed by atoms with Crippen molar-refractivity contribution in [1.29, 1.82) is 0 Å². The van der Waals surface area contributed by atoms with Crippen molar-refractivity contribution in [2.75, 3.05) is 13.7 Å². The van der Waals surface area contributed by atoms with E-state index < -0.39 is 17.1 Å². The molecule has 0 aromatic carbocycles. The highest BCUT2D eigenvalue weighted by Gasteiger charge is 2.57. The van der Waals surface area contributed by atoms with Crippen LogP contribution < -0.4 is 5.32 Å². The Bertz CT molecular complexity index is 417. The summed E-state index contributed by atoms with van der Waals surface area (Å²) in [6, 6.07) is -0.403. The van der Waals surface area contributed by atoms with Gasteiger partial charge in [0.2, 0.25) is 11.8 Å². The molecule has 0 spiro atoms. The van der Waals surface area contributed by atoms with Gasteiger partial charge < -0.3 is 15.0 Å². The molecule has 1 aliphatic heterocycles. The first-order valence-electron chi connectivity index (χ1n) is 7.42. The molecule has 1 saturated heterocycles. The van der Waals surface area contributed by atoms with Crippen LogP contribution in [-0.2, 0) is 14.3 Å². The lowest BCUT2D eigenvalue weighted by Gasteiger charge is -2.51. The van der Waals surface area contributed by atoms with E-state index >= 15 is 0 Å². The molecule has 2 atom stereocenters. The molecule has 5 nitrogen and oxygen atoms in total. The summed E-state index contributed by atoms with van der Waals surface area (Å²) in [4.78, 5) is 27.2. The molecule has 1 saturated carbocycles. The van der Waals surface area contributed by atoms with E-state index in [1.807, 2.05) is 27.7 Å². The van der Waals surface area contributed by atoms with Gasteiger partial charge in [0.1, 0.15) is 11.6 Å². The van der Waals surface area contributed by atoms with Crippen LogP contribution in [0.5, 0.6) is 0 Å². The molecular weight excluding hydrogens is 256 g/mol. The van der Waals surface area contributed by atoms with Crippen molar-refractivity contribution in [2.24, 2.45) is 5.92 Å². The lowest BCUT2D eigenvalue weighted by atomic mass is 9.85. The third-order valence-corrected chi connectivity index (χ3v) is 4.59. The highest BCUT2D eigenvalue weighted by Crippen LogP contribution is 2.43. The van der Waals surface area contributed by atoms with Crippen LogP contribution >= 0.6 is 0 Å². The number of hydrogen-bond acceptors (Lipinski definition) is 3. The topological polar surface area (TPSA) is 58.6 Å². The molecule has 0 aromatic heterocycles. The fourth-order valence-electron chi connectivity index (χ4n) is 3.33. The molecule has 0 bridgehead atoms. The minimum atomic E-state index is -0.742. The third-order valence-electron chi connectivity index (χ3n) is 4.59. The summed E-state index contributed by atoms with van der Waals surface area (Å²) >= 11 is 0. The van der Waals surface area contributed by atoms with Crippen LogP contribution in [0.15, 0.2) is 0 Å². The van der Waals surface area contributed by atoms with Gasteiger partial charge in [-0.05, 0) is 46.0 Å². The summed E-state index contributed by atoms with van der Waals surface area (Å²) in [6.07, 6.45) is 2.64. The van der Waals surface area contributed by atoms with Crippen molar-refractivity contribution in [3.05, 3.63) is 0 Å². The number of carbonyl (C=O) groups is 2. The normalized spacial score (nSPS) is 31.4. The van der Waals surface area contributed by atoms with E-state index in [-0.39, 0.29) is 17.7 Å². The fourth-order valence-corrected chi connectivity index (χ4v) is 3.33. The van der Waals surface area contributed by atoms with Crippen molar-refractivity contribution in [1.82, 2.24) is 10.2 Å². The Morgan fingerprint density at radius 1 is 1.40 bits per heavy atom. The largest absolute Gasteiger partial charge is 0.382 e. The molecule has 1 heterocycles. The minimum Gasteiger partial charge on any atom is -0.382 e. The predicted octanol–water partition coefficient (Wildman–Crippen LogP) is 1.32. The minimum absolute atomic E-state index is 0.0356. The van der Waals surface area contributed by atoms with Crippen LogP contribution in [0.25, 0.3) is 0 Å². The Kier molecular flexibility index (Phi) is 3.84. The number of methoxy groups -OCH3 is 1. The molecule has 114 valence electrons. The first kappa shape index (κ1) is 15.3. The van der Waals surface area contributed by atoms with Crippen LogP contribution in [0.3, 0.4) is 0 Å². The predicted molar refractivity (Wildman–Crippen MR) is 76.2 cm³/mol. The van der Waals surface area contributed by atoms with E-state index in [1.54, 1.807) is 12.0 Å². The number of hydrogen-bond donors (Lipinski definition) is 1. The van der Waals surface area contributed by atoms with Gasteiger partial charge in [0.15, 0.2) is 0 Å². The summed E-state index contributed by atoms with van der Waals surface area (Å²) in [5.74, 6) is 0.275. The Hall–Kier alpha value is -1.10. The van der Waals surface area contributed by atoms with Gasteiger partial charge in [-0.15, -0.1) is 0 Å². The van der Waals surface area contributed by atoms with E-state index in [0.717, 1.165) is 12.8 Å². The monoisotopic (exact) mass is 282 g/mol. The zero-order valence-corrected chi connectivity index (χ0v) is 13.2. The zero-order valence-electron chi connectivity index (χ0n) is 13.2. The van der Waals surface area contributed by atoms with Crippen LogP contribution in [0.4, 0.5) is 0 Å². The Balaban J connectivity index is 2.37. The van der Waals surface area contributed by atoms with Gasteiger partial charge in [0.05, 0.1) is 12.1 Å². The third kappa shape index (κ3) is 2.32. The smallest absolute Gasteiger partial charge is 0.249 e. The highest BCUT2D eigenvalue weighted by atomic mass is 16.5. The molecule has 2 amide bonds. The first-order valence-corrected chi connectivity index (χ1v) is 7.42. The van der Waals surface area contributed by atoms with Crippen molar-refractivity contribution in [2.45, 2.75) is 64.1 Å². The second-order valence-corrected chi connectivity index (χ2v) is 6.81. The first-order chi connectivity index (χ1) is 9.28. The maximum absolute atomic E-state index is 13.0. The molecule has 0 aromatic rings. The SMILES string of the molecule is CCC1C(=O)NC(C)(C2CC2)C(=O)N1C(C)(C)COC. The molecule has 2 fully saturated rings. The Morgan fingerprint density at radius 3 is 2.45 bits per heavy atom. The van der Waals surface area contributed by atoms with Gasteiger partial charge in [-0.2, -0.15) is 0 Å². The van der Waals surface area contributed by atoms with Gasteiger partial charge >= 0.3 is 0 Å². The van der Waals surface area contributed by atoms with Gasteiger partial charge in [0.25, 0.3) is 0 Å². The molecule has 2 unspecified atom stereocenters. The van der Waals surface area contributed by atoms with E-state index in [0.29, 0.717) is 13.0 Å². The number of carbonyl (C=O) groups excluding carboxylic acids is 2. The summed E-state index contributed by atoms with van der Waals surface area (Å²) in [5, 5.41) is 2.98. The van der Waals surface area contributed by atoms with Crippen LogP contribution in [0.1, 0.15) is 47.0 Å². The summed E-state index contributed by atoms with van der Waals surface area (Å²) < 4.78 is 5.25. The van der Waals surface area contributed by atoms with Gasteiger partial charge in [-0.1, -0.05) is 6.92 Å². The Morgan fingerprint density at radius 2 is 2.00 bits per heavy atom. The highest BCUT2D eigenvalue weighted by molar-refractivity contribution is 6.00. The van der Waals surface area contributed by atoms with Gasteiger partial charge in [0, 0.05) is 7.11 Å². The number of nitrogens with one attached hydrogen (secondary N) is 1. The number of ether oxygens (including phenoxy) is 1. The molecule has 20 heavy (non-hydrogen) atoms. The van der Waals surface area contributed by atoms with Crippen LogP contribution in [-0.4, -0.2) is 47.6 Å². The number of nitrogens with zero attached hydrogens (tertiary/aromatic N) is 1. The van der Waals surface area contributed by atoms with Crippen LogP contribution in [0.2, 0.25) is 0 Å². The van der Waals surface area contributed by atoms with E-state index in [1.165, 1.54) is 0 Å². The summed E-state index contributed by atoms with van der Waals surface area (Å²) in [5.41, 5.74) is -1.23. The maximum Gasteiger partial charge on any atom is 0.249 e. The molecular formula is C15H26N2O3. The molecule has 1 aliphatic carbocycles. The summed E-state index contributed by atoms with van der Waals surface area (Å²) in [7, 11) is 1.62. The van der Waals surface area contributed by atoms with Crippen molar-refractivity contribution in [3.63, 3.8) is 0 Å². The standard InChI is InChI=1S/C15H26N2O3/c1-6-11-12(18)16-15(4,10-7-8-10)13(19)17(11)14(2,3)9-20-5/h10-11H,6-9H2,1-5H3,(H,16,18). The van der Waals surface area contributed by atoms with E-state index in [2.05, 4.69) is 5.32 Å². The molecule has 2 rings (SSSR count). The van der Waals surface area contributed by atoms with Gasteiger partial charge in [-0.25, -0.2) is 0 Å². The Labute approximate surface area is 121 Å². The van der Waals surface area contributed by atoms with Crippen molar-refractivity contribution in [3.8, 4) is 0 Å². The maximum atomic E-state index is 13.0. The zero-order chi connectivity index (χ0) is 15.1. The number of piperazine rings is 1. The number of rotatable bonds is 5. The van der Waals surface area contributed by atoms with E-state index in [9.17, 15) is 9.59 Å². The quantitative estimate of drug-likeness (QED) is 0.827. The van der Waals surface area contributed by atoms with Gasteiger partial charge in [-0.3, -0.25) is 9.59 Å². The summed E-state index contributed by atoms with van der Waals surface area (Å²) in [6.45, 7) is 8.15. The second-order valence-electron chi connectivity index (χ2n) is 6.81.